The third-order valence-corrected chi connectivity index (χ3v) is 11.6. The van der Waals surface area contributed by atoms with Crippen molar-refractivity contribution in [3.63, 3.8) is 0 Å². The van der Waals surface area contributed by atoms with Gasteiger partial charge in [-0.2, -0.15) is 0 Å². The van der Waals surface area contributed by atoms with Gasteiger partial charge in [0.25, 0.3) is 0 Å². The molecule has 8 aromatic rings. The van der Waals surface area contributed by atoms with Crippen LogP contribution in [0, 0.1) is 0 Å². The maximum absolute atomic E-state index is 2.58. The zero-order valence-electron chi connectivity index (χ0n) is 25.4. The fourth-order valence-corrected chi connectivity index (χ4v) is 9.65. The molecular weight excluding hydrogens is 577 g/mol. The molecule has 0 amide bonds. The summed E-state index contributed by atoms with van der Waals surface area (Å²) in [5.41, 5.74) is 12.7. The molecule has 2 unspecified atom stereocenters. The van der Waals surface area contributed by atoms with E-state index >= 15 is 0 Å². The van der Waals surface area contributed by atoms with Crippen LogP contribution in [0.1, 0.15) is 29.7 Å². The van der Waals surface area contributed by atoms with Crippen molar-refractivity contribution in [2.75, 3.05) is 0 Å². The molecule has 218 valence electrons. The molecule has 1 aliphatic heterocycles. The number of para-hydroxylation sites is 2. The number of nitrogens with zero attached hydrogens (tertiary/aromatic N) is 2. The van der Waals surface area contributed by atoms with Gasteiger partial charge in [-0.15, -0.1) is 11.8 Å². The molecule has 0 bridgehead atoms. The van der Waals surface area contributed by atoms with E-state index in [1.54, 1.807) is 0 Å². The lowest BCUT2D eigenvalue weighted by atomic mass is 9.79. The van der Waals surface area contributed by atoms with Crippen molar-refractivity contribution in [2.24, 2.45) is 0 Å². The van der Waals surface area contributed by atoms with E-state index in [4.69, 9.17) is 0 Å². The molecule has 0 N–H and O–H groups in total. The lowest BCUT2D eigenvalue weighted by molar-refractivity contribution is 0.593. The first-order valence-electron chi connectivity index (χ1n) is 16.0. The Morgan fingerprint density at radius 1 is 0.543 bits per heavy atom. The molecule has 1 aliphatic carbocycles. The zero-order chi connectivity index (χ0) is 30.4. The highest BCUT2D eigenvalue weighted by Gasteiger charge is 2.49. The molecule has 6 aromatic carbocycles. The molecule has 0 saturated carbocycles. The maximum Gasteiger partial charge on any atom is 0.0692 e. The number of rotatable bonds is 3. The predicted molar refractivity (Wildman–Crippen MR) is 194 cm³/mol. The minimum absolute atomic E-state index is 0.156. The summed E-state index contributed by atoms with van der Waals surface area (Å²) >= 11 is 2.02. The maximum atomic E-state index is 2.58. The molecule has 46 heavy (non-hydrogen) atoms. The highest BCUT2D eigenvalue weighted by atomic mass is 32.2. The minimum Gasteiger partial charge on any atom is -0.311 e. The largest absolute Gasteiger partial charge is 0.311 e. The molecule has 0 spiro atoms. The van der Waals surface area contributed by atoms with Crippen molar-refractivity contribution in [3.05, 3.63) is 168 Å². The second-order valence-electron chi connectivity index (χ2n) is 12.7. The van der Waals surface area contributed by atoms with Crippen LogP contribution in [0.15, 0.2) is 157 Å². The van der Waals surface area contributed by atoms with Crippen LogP contribution in [0.3, 0.4) is 0 Å². The van der Waals surface area contributed by atoms with Gasteiger partial charge in [0.2, 0.25) is 0 Å². The summed E-state index contributed by atoms with van der Waals surface area (Å²) in [4.78, 5) is 1.38. The van der Waals surface area contributed by atoms with Crippen LogP contribution in [0.4, 0.5) is 0 Å². The van der Waals surface area contributed by atoms with Crippen LogP contribution >= 0.6 is 11.8 Å². The van der Waals surface area contributed by atoms with Gasteiger partial charge in [0.15, 0.2) is 0 Å². The van der Waals surface area contributed by atoms with Gasteiger partial charge in [0.05, 0.1) is 21.3 Å². The molecular formula is C43H30N2S. The Labute approximate surface area is 272 Å². The van der Waals surface area contributed by atoms with Gasteiger partial charge in [-0.25, -0.2) is 0 Å². The van der Waals surface area contributed by atoms with E-state index < -0.39 is 0 Å². The molecule has 10 rings (SSSR count). The Hall–Kier alpha value is -5.25. The van der Waals surface area contributed by atoms with Crippen molar-refractivity contribution in [1.29, 1.82) is 0 Å². The van der Waals surface area contributed by atoms with E-state index in [9.17, 15) is 0 Å². The lowest BCUT2D eigenvalue weighted by Crippen LogP contribution is -2.27. The molecule has 2 aliphatic rings. The van der Waals surface area contributed by atoms with Crippen LogP contribution in [0.5, 0.6) is 0 Å². The standard InChI is InChI=1S/C43H30N2S/c1-43-37(34-20-9-11-22-41(34)46-43)24-23-33-36-26-35-32-19-8-10-21-38(32)44(30-16-6-3-7-17-30)39(35)27-40(36)45(42(33)43)31-18-12-15-29(25-31)28-13-4-2-5-14-28/h2-27,37H,1H3. The van der Waals surface area contributed by atoms with Crippen molar-refractivity contribution in [2.45, 2.75) is 22.5 Å². The third-order valence-electron chi connectivity index (χ3n) is 10.1. The quantitative estimate of drug-likeness (QED) is 0.194. The monoisotopic (exact) mass is 606 g/mol. The third kappa shape index (κ3) is 3.55. The number of fused-ring (bicyclic) bond motifs is 10. The van der Waals surface area contributed by atoms with E-state index in [-0.39, 0.29) is 4.75 Å². The van der Waals surface area contributed by atoms with E-state index in [0.29, 0.717) is 5.92 Å². The summed E-state index contributed by atoms with van der Waals surface area (Å²) in [6, 6.07) is 53.3. The Kier molecular flexibility index (Phi) is 5.44. The molecule has 3 heterocycles. The van der Waals surface area contributed by atoms with Crippen LogP contribution < -0.4 is 0 Å². The topological polar surface area (TPSA) is 9.86 Å². The van der Waals surface area contributed by atoms with Crippen molar-refractivity contribution in [1.82, 2.24) is 9.13 Å². The second kappa shape index (κ2) is 9.62. The number of allylic oxidation sites excluding steroid dienone is 1. The van der Waals surface area contributed by atoms with Crippen LogP contribution in [0.2, 0.25) is 0 Å². The first-order chi connectivity index (χ1) is 22.7. The predicted octanol–water partition coefficient (Wildman–Crippen LogP) is 11.5. The van der Waals surface area contributed by atoms with Crippen molar-refractivity contribution in [3.8, 4) is 22.5 Å². The normalized spacial score (nSPS) is 18.2. The fourth-order valence-electron chi connectivity index (χ4n) is 8.10. The van der Waals surface area contributed by atoms with Gasteiger partial charge < -0.3 is 9.13 Å². The number of aromatic nitrogens is 2. The summed E-state index contributed by atoms with van der Waals surface area (Å²) in [6.07, 6.45) is 4.87. The highest BCUT2D eigenvalue weighted by Crippen LogP contribution is 2.63. The Morgan fingerprint density at radius 2 is 1.24 bits per heavy atom. The van der Waals surface area contributed by atoms with Crippen molar-refractivity contribution < 1.29 is 0 Å². The van der Waals surface area contributed by atoms with Gasteiger partial charge in [-0.05, 0) is 72.1 Å². The van der Waals surface area contributed by atoms with E-state index in [1.165, 1.54) is 76.9 Å². The number of hydrogen-bond donors (Lipinski definition) is 0. The summed E-state index contributed by atoms with van der Waals surface area (Å²) in [5.74, 6) is 0.301. The first-order valence-corrected chi connectivity index (χ1v) is 16.8. The number of benzene rings is 6. The smallest absolute Gasteiger partial charge is 0.0692 e. The molecule has 3 heteroatoms. The first kappa shape index (κ1) is 26.0. The zero-order valence-corrected chi connectivity index (χ0v) is 26.2. The summed E-state index contributed by atoms with van der Waals surface area (Å²) in [7, 11) is 0. The van der Waals surface area contributed by atoms with Gasteiger partial charge in [0, 0.05) is 49.6 Å². The highest BCUT2D eigenvalue weighted by molar-refractivity contribution is 8.00. The molecule has 2 aromatic heterocycles. The molecule has 0 saturated heterocycles. The lowest BCUT2D eigenvalue weighted by Gasteiger charge is -2.34. The Balaban J connectivity index is 1.33. The average Bonchev–Trinajstić information content (AvgIpc) is 3.73. The van der Waals surface area contributed by atoms with E-state index in [2.05, 4.69) is 174 Å². The molecule has 2 atom stereocenters. The average molecular weight is 607 g/mol. The summed E-state index contributed by atoms with van der Waals surface area (Å²) < 4.78 is 4.86. The van der Waals surface area contributed by atoms with Crippen LogP contribution in [-0.2, 0) is 4.75 Å². The van der Waals surface area contributed by atoms with Gasteiger partial charge in [-0.1, -0.05) is 109 Å². The summed E-state index contributed by atoms with van der Waals surface area (Å²) in [5, 5.41) is 3.87. The number of thioether (sulfide) groups is 1. The Morgan fingerprint density at radius 3 is 2.11 bits per heavy atom. The number of hydrogen-bond acceptors (Lipinski definition) is 1. The SMILES string of the molecule is CC12Sc3ccccc3C1C=Cc1c2n(-c2cccc(-c3ccccc3)c2)c2cc3c(cc12)c1ccccc1n3-c1ccccc1. The minimum atomic E-state index is -0.156. The molecule has 0 radical (unpaired) electrons. The second-order valence-corrected chi connectivity index (χ2v) is 14.2. The van der Waals surface area contributed by atoms with Crippen LogP contribution in [0.25, 0.3) is 61.3 Å². The molecule has 2 nitrogen and oxygen atoms in total. The van der Waals surface area contributed by atoms with E-state index in [1.807, 2.05) is 11.8 Å². The van der Waals surface area contributed by atoms with Gasteiger partial charge >= 0.3 is 0 Å². The summed E-state index contributed by atoms with van der Waals surface area (Å²) in [6.45, 7) is 2.46. The fraction of sp³-hybridized carbons (Fsp3) is 0.0698. The molecule has 0 fully saturated rings. The van der Waals surface area contributed by atoms with Crippen LogP contribution in [-0.4, -0.2) is 9.13 Å². The van der Waals surface area contributed by atoms with E-state index in [0.717, 1.165) is 0 Å². The Bertz CT molecular complexity index is 2520. The van der Waals surface area contributed by atoms with Crippen molar-refractivity contribution >= 4 is 50.5 Å². The van der Waals surface area contributed by atoms with Gasteiger partial charge in [0.1, 0.15) is 0 Å². The van der Waals surface area contributed by atoms with Gasteiger partial charge in [-0.3, -0.25) is 0 Å².